The molecule has 2 N–H and O–H groups in total. The summed E-state index contributed by atoms with van der Waals surface area (Å²) in [6.07, 6.45) is 4.69. The van der Waals surface area contributed by atoms with Crippen LogP contribution < -0.4 is 5.73 Å². The van der Waals surface area contributed by atoms with Crippen LogP contribution in [0.5, 0.6) is 0 Å². The van der Waals surface area contributed by atoms with Gasteiger partial charge in [-0.1, -0.05) is 12.2 Å². The Balaban J connectivity index is 1.59. The molecule has 0 aliphatic heterocycles. The number of hydrogen-bond donors (Lipinski definition) is 1. The zero-order valence-corrected chi connectivity index (χ0v) is 12.9. The zero-order valence-electron chi connectivity index (χ0n) is 12.1. The second-order valence-corrected chi connectivity index (χ2v) is 7.07. The lowest BCUT2D eigenvalue weighted by Crippen LogP contribution is -2.38. The Labute approximate surface area is 126 Å². The number of nitrogens with two attached hydrogens (primary N) is 1. The van der Waals surface area contributed by atoms with Crippen molar-refractivity contribution in [3.63, 3.8) is 0 Å². The number of fused-ring (bicyclic) bond motifs is 5. The number of carbonyl (C=O) groups excluding carboxylic acids is 1. The van der Waals surface area contributed by atoms with Crippen molar-refractivity contribution < 1.29 is 9.53 Å². The normalized spacial score (nSPS) is 36.8. The molecule has 20 heavy (non-hydrogen) atoms. The van der Waals surface area contributed by atoms with Crippen molar-refractivity contribution >= 4 is 23.1 Å². The van der Waals surface area contributed by atoms with Crippen molar-refractivity contribution in [3.8, 4) is 0 Å². The summed E-state index contributed by atoms with van der Waals surface area (Å²) >= 11 is 4.93. The van der Waals surface area contributed by atoms with E-state index in [9.17, 15) is 4.79 Å². The Morgan fingerprint density at radius 2 is 1.95 bits per heavy atom. The number of methoxy groups -OCH3 is 1. The highest BCUT2D eigenvalue weighted by molar-refractivity contribution is 7.80. The maximum Gasteiger partial charge on any atom is 0.226 e. The van der Waals surface area contributed by atoms with Crippen LogP contribution in [0.3, 0.4) is 0 Å². The SMILES string of the molecule is COCCN(CCC(N)=S)C(=O)C1C2C3CCC(C3)C12. The van der Waals surface area contributed by atoms with Crippen molar-refractivity contribution in [1.29, 1.82) is 0 Å². The first-order valence-electron chi connectivity index (χ1n) is 7.69. The third-order valence-electron chi connectivity index (χ3n) is 5.53. The molecule has 4 atom stereocenters. The fraction of sp³-hybridized carbons (Fsp3) is 0.867. The van der Waals surface area contributed by atoms with E-state index in [2.05, 4.69) is 0 Å². The van der Waals surface area contributed by atoms with Gasteiger partial charge in [0.05, 0.1) is 11.6 Å². The van der Waals surface area contributed by atoms with Crippen LogP contribution in [0, 0.1) is 29.6 Å². The minimum absolute atomic E-state index is 0.296. The Morgan fingerprint density at radius 1 is 1.30 bits per heavy atom. The number of hydrogen-bond acceptors (Lipinski definition) is 3. The Hall–Kier alpha value is -0.680. The molecule has 112 valence electrons. The fourth-order valence-electron chi connectivity index (χ4n) is 4.64. The molecule has 2 bridgehead atoms. The topological polar surface area (TPSA) is 55.6 Å². The molecule has 3 saturated carbocycles. The van der Waals surface area contributed by atoms with Crippen molar-refractivity contribution in [1.82, 2.24) is 4.90 Å². The van der Waals surface area contributed by atoms with Gasteiger partial charge >= 0.3 is 0 Å². The van der Waals surface area contributed by atoms with Crippen LogP contribution in [0.15, 0.2) is 0 Å². The molecule has 0 spiro atoms. The van der Waals surface area contributed by atoms with Crippen LogP contribution in [0.4, 0.5) is 0 Å². The third-order valence-corrected chi connectivity index (χ3v) is 5.73. The molecule has 4 nitrogen and oxygen atoms in total. The first-order valence-corrected chi connectivity index (χ1v) is 8.10. The lowest BCUT2D eigenvalue weighted by molar-refractivity contribution is -0.134. The maximum atomic E-state index is 12.7. The average molecular weight is 296 g/mol. The lowest BCUT2D eigenvalue weighted by atomic mass is 10.0. The van der Waals surface area contributed by atoms with Crippen LogP contribution in [-0.2, 0) is 9.53 Å². The summed E-state index contributed by atoms with van der Waals surface area (Å²) in [6, 6.07) is 0. The van der Waals surface area contributed by atoms with E-state index in [0.29, 0.717) is 54.8 Å². The number of thiocarbonyl (C=S) groups is 1. The molecule has 0 radical (unpaired) electrons. The molecule has 0 aromatic carbocycles. The molecular formula is C15H24N2O2S. The molecule has 0 aromatic rings. The minimum atomic E-state index is 0.296. The van der Waals surface area contributed by atoms with Gasteiger partial charge < -0.3 is 15.4 Å². The number of nitrogens with zero attached hydrogens (tertiary/aromatic N) is 1. The van der Waals surface area contributed by atoms with Crippen LogP contribution in [0.2, 0.25) is 0 Å². The third kappa shape index (κ3) is 2.46. The Morgan fingerprint density at radius 3 is 2.50 bits per heavy atom. The van der Waals surface area contributed by atoms with Crippen molar-refractivity contribution in [2.45, 2.75) is 25.7 Å². The summed E-state index contributed by atoms with van der Waals surface area (Å²) in [5, 5.41) is 0. The number of ether oxygens (including phenoxy) is 1. The zero-order chi connectivity index (χ0) is 14.3. The molecule has 3 rings (SSSR count). The summed E-state index contributed by atoms with van der Waals surface area (Å²) in [4.78, 5) is 15.1. The number of amides is 1. The average Bonchev–Trinajstić information content (AvgIpc) is 2.86. The predicted octanol–water partition coefficient (Wildman–Crippen LogP) is 1.43. The first kappa shape index (κ1) is 14.3. The summed E-state index contributed by atoms with van der Waals surface area (Å²) in [5.74, 6) is 3.67. The summed E-state index contributed by atoms with van der Waals surface area (Å²) in [6.45, 7) is 1.88. The highest BCUT2D eigenvalue weighted by Gasteiger charge is 2.67. The van der Waals surface area contributed by atoms with E-state index in [-0.39, 0.29) is 0 Å². The van der Waals surface area contributed by atoms with Gasteiger partial charge in [0.25, 0.3) is 0 Å². The molecule has 5 heteroatoms. The quantitative estimate of drug-likeness (QED) is 0.722. The molecule has 1 amide bonds. The standard InChI is InChI=1S/C15H24N2O2S/c1-19-7-6-17(5-4-11(16)20)15(18)14-12-9-2-3-10(8-9)13(12)14/h9-10,12-14H,2-8H2,1H3,(H2,16,20). The van der Waals surface area contributed by atoms with E-state index in [1.165, 1.54) is 19.3 Å². The van der Waals surface area contributed by atoms with E-state index in [1.54, 1.807) is 7.11 Å². The van der Waals surface area contributed by atoms with Crippen molar-refractivity contribution in [2.75, 3.05) is 26.8 Å². The van der Waals surface area contributed by atoms with Gasteiger partial charge in [-0.25, -0.2) is 0 Å². The molecule has 0 saturated heterocycles. The van der Waals surface area contributed by atoms with Gasteiger partial charge in [-0.05, 0) is 42.9 Å². The van der Waals surface area contributed by atoms with Crippen molar-refractivity contribution in [2.24, 2.45) is 35.3 Å². The number of rotatable bonds is 7. The van der Waals surface area contributed by atoms with Crippen LogP contribution in [-0.4, -0.2) is 42.6 Å². The van der Waals surface area contributed by atoms with E-state index in [1.807, 2.05) is 4.90 Å². The molecule has 3 aliphatic carbocycles. The lowest BCUT2D eigenvalue weighted by Gasteiger charge is -2.23. The van der Waals surface area contributed by atoms with E-state index < -0.39 is 0 Å². The van der Waals surface area contributed by atoms with Crippen LogP contribution >= 0.6 is 12.2 Å². The van der Waals surface area contributed by atoms with Crippen molar-refractivity contribution in [3.05, 3.63) is 0 Å². The molecule has 0 heterocycles. The molecule has 3 aliphatic rings. The summed E-state index contributed by atoms with van der Waals surface area (Å²) in [7, 11) is 1.67. The molecule has 0 aromatic heterocycles. The fourth-order valence-corrected chi connectivity index (χ4v) is 4.74. The smallest absolute Gasteiger partial charge is 0.226 e. The van der Waals surface area contributed by atoms with Gasteiger partial charge in [-0.15, -0.1) is 0 Å². The van der Waals surface area contributed by atoms with E-state index in [0.717, 1.165) is 11.8 Å². The van der Waals surface area contributed by atoms with Gasteiger partial charge in [0.1, 0.15) is 0 Å². The molecule has 4 unspecified atom stereocenters. The summed E-state index contributed by atoms with van der Waals surface area (Å²) < 4.78 is 5.12. The van der Waals surface area contributed by atoms with Gasteiger partial charge in [-0.2, -0.15) is 0 Å². The Bertz CT molecular complexity index is 399. The monoisotopic (exact) mass is 296 g/mol. The van der Waals surface area contributed by atoms with Gasteiger partial charge in [0.2, 0.25) is 5.91 Å². The predicted molar refractivity (Wildman–Crippen MR) is 81.2 cm³/mol. The van der Waals surface area contributed by atoms with Gasteiger partial charge in [-0.3, -0.25) is 4.79 Å². The van der Waals surface area contributed by atoms with Gasteiger partial charge in [0, 0.05) is 32.5 Å². The summed E-state index contributed by atoms with van der Waals surface area (Å²) in [5.41, 5.74) is 5.57. The molecular weight excluding hydrogens is 272 g/mol. The highest BCUT2D eigenvalue weighted by atomic mass is 32.1. The second-order valence-electron chi connectivity index (χ2n) is 6.55. The van der Waals surface area contributed by atoms with Gasteiger partial charge in [0.15, 0.2) is 0 Å². The highest BCUT2D eigenvalue weighted by Crippen LogP contribution is 2.69. The van der Waals surface area contributed by atoms with E-state index in [4.69, 9.17) is 22.7 Å². The van der Waals surface area contributed by atoms with Crippen LogP contribution in [0.1, 0.15) is 25.7 Å². The largest absolute Gasteiger partial charge is 0.393 e. The Kier molecular flexibility index (Phi) is 4.00. The van der Waals surface area contributed by atoms with Crippen LogP contribution in [0.25, 0.3) is 0 Å². The van der Waals surface area contributed by atoms with E-state index >= 15 is 0 Å². The first-order chi connectivity index (χ1) is 9.63. The number of carbonyl (C=O) groups is 1. The molecule has 3 fully saturated rings. The minimum Gasteiger partial charge on any atom is -0.393 e. The maximum absolute atomic E-state index is 12.7. The second kappa shape index (κ2) is 5.60.